The lowest BCUT2D eigenvalue weighted by Gasteiger charge is -2.31. The maximum absolute atomic E-state index is 6.45. The maximum atomic E-state index is 6.45. The Bertz CT molecular complexity index is 898. The molecule has 0 saturated heterocycles. The Balaban J connectivity index is 1.78. The Kier molecular flexibility index (Phi) is 4.32. The summed E-state index contributed by atoms with van der Waals surface area (Å²) in [4.78, 5) is 0. The minimum atomic E-state index is -0.0368. The molecule has 1 N–H and O–H groups in total. The summed E-state index contributed by atoms with van der Waals surface area (Å²) >= 11 is 13.5. The zero-order valence-corrected chi connectivity index (χ0v) is 16.3. The van der Waals surface area contributed by atoms with Crippen LogP contribution in [0.1, 0.15) is 29.6 Å². The van der Waals surface area contributed by atoms with Crippen molar-refractivity contribution in [3.63, 3.8) is 0 Å². The van der Waals surface area contributed by atoms with E-state index in [4.69, 9.17) is 11.6 Å². The molecule has 1 aliphatic rings. The van der Waals surface area contributed by atoms with Gasteiger partial charge in [0, 0.05) is 14.0 Å². The molecule has 0 radical (unpaired) electrons. The molecule has 8 heteroatoms. The third kappa shape index (κ3) is 2.96. The number of hydrogen-bond acceptors (Lipinski definition) is 4. The van der Waals surface area contributed by atoms with Crippen LogP contribution in [0.5, 0.6) is 0 Å². The van der Waals surface area contributed by atoms with Crippen LogP contribution in [0.15, 0.2) is 51.4 Å². The van der Waals surface area contributed by atoms with Crippen LogP contribution >= 0.6 is 43.5 Å². The SMILES string of the molecule is Clc1ccc(Br)cc1[C@@H]1C[C@H](c2cccc(Br)c2)Nc2nnnn21. The minimum Gasteiger partial charge on any atom is -0.346 e. The predicted molar refractivity (Wildman–Crippen MR) is 100 cm³/mol. The number of aromatic nitrogens is 4. The van der Waals surface area contributed by atoms with Crippen LogP contribution in [-0.2, 0) is 0 Å². The largest absolute Gasteiger partial charge is 0.346 e. The van der Waals surface area contributed by atoms with E-state index in [1.165, 1.54) is 5.56 Å². The lowest BCUT2D eigenvalue weighted by Crippen LogP contribution is -2.28. The topological polar surface area (TPSA) is 55.6 Å². The molecule has 122 valence electrons. The van der Waals surface area contributed by atoms with Crippen molar-refractivity contribution in [1.82, 2.24) is 20.2 Å². The second kappa shape index (κ2) is 6.46. The Morgan fingerprint density at radius 3 is 2.79 bits per heavy atom. The van der Waals surface area contributed by atoms with Crippen molar-refractivity contribution < 1.29 is 0 Å². The Morgan fingerprint density at radius 2 is 1.96 bits per heavy atom. The number of benzene rings is 2. The molecule has 0 aliphatic carbocycles. The third-order valence-corrected chi connectivity index (χ3v) is 5.45. The van der Waals surface area contributed by atoms with Gasteiger partial charge in [0.25, 0.3) is 0 Å². The highest BCUT2D eigenvalue weighted by Crippen LogP contribution is 2.40. The van der Waals surface area contributed by atoms with Gasteiger partial charge in [-0.2, -0.15) is 0 Å². The average molecular weight is 470 g/mol. The van der Waals surface area contributed by atoms with E-state index >= 15 is 0 Å². The summed E-state index contributed by atoms with van der Waals surface area (Å²) in [6.07, 6.45) is 0.796. The average Bonchev–Trinajstić information content (AvgIpc) is 3.05. The van der Waals surface area contributed by atoms with Gasteiger partial charge in [0.1, 0.15) is 0 Å². The van der Waals surface area contributed by atoms with Crippen molar-refractivity contribution in [1.29, 1.82) is 0 Å². The van der Waals surface area contributed by atoms with Crippen LogP contribution in [0, 0.1) is 0 Å². The van der Waals surface area contributed by atoms with Gasteiger partial charge in [-0.25, -0.2) is 4.68 Å². The Morgan fingerprint density at radius 1 is 1.12 bits per heavy atom. The quantitative estimate of drug-likeness (QED) is 0.574. The zero-order chi connectivity index (χ0) is 16.7. The molecular formula is C16H12Br2ClN5. The number of tetrazole rings is 1. The standard InChI is InChI=1S/C16H12Br2ClN5/c17-10-3-1-2-9(6-10)14-8-15(24-16(20-14)21-22-23-24)12-7-11(18)4-5-13(12)19/h1-7,14-15H,8H2,(H,20,21,23)/t14-,15+/m1/s1. The van der Waals surface area contributed by atoms with E-state index in [1.54, 1.807) is 4.68 Å². The fourth-order valence-corrected chi connectivity index (χ4v) is 4.05. The number of nitrogens with one attached hydrogen (secondary N) is 1. The van der Waals surface area contributed by atoms with Crippen LogP contribution in [0.2, 0.25) is 5.02 Å². The molecule has 0 bridgehead atoms. The van der Waals surface area contributed by atoms with Crippen molar-refractivity contribution in [2.75, 3.05) is 5.32 Å². The first-order chi connectivity index (χ1) is 11.6. The first-order valence-corrected chi connectivity index (χ1v) is 9.33. The number of rotatable bonds is 2. The van der Waals surface area contributed by atoms with Gasteiger partial charge >= 0.3 is 0 Å². The predicted octanol–water partition coefficient (Wildman–Crippen LogP) is 5.00. The number of fused-ring (bicyclic) bond motifs is 1. The second-order valence-corrected chi connectivity index (χ2v) is 7.85. The fraction of sp³-hybridized carbons (Fsp3) is 0.188. The molecule has 0 saturated carbocycles. The lowest BCUT2D eigenvalue weighted by atomic mass is 9.93. The number of nitrogens with zero attached hydrogens (tertiary/aromatic N) is 4. The summed E-state index contributed by atoms with van der Waals surface area (Å²) in [5.41, 5.74) is 2.18. The van der Waals surface area contributed by atoms with Gasteiger partial charge in [-0.05, 0) is 58.3 Å². The molecule has 4 rings (SSSR count). The number of anilines is 1. The van der Waals surface area contributed by atoms with Gasteiger partial charge in [0.05, 0.1) is 12.1 Å². The summed E-state index contributed by atoms with van der Waals surface area (Å²) in [6.45, 7) is 0. The van der Waals surface area contributed by atoms with E-state index in [2.05, 4.69) is 64.8 Å². The van der Waals surface area contributed by atoms with E-state index < -0.39 is 0 Å². The van der Waals surface area contributed by atoms with E-state index in [0.717, 1.165) is 20.9 Å². The molecule has 0 unspecified atom stereocenters. The molecule has 1 aromatic heterocycles. The molecule has 5 nitrogen and oxygen atoms in total. The number of halogens is 3. The minimum absolute atomic E-state index is 0.0368. The van der Waals surface area contributed by atoms with Gasteiger partial charge in [0.2, 0.25) is 5.95 Å². The second-order valence-electron chi connectivity index (χ2n) is 5.62. The van der Waals surface area contributed by atoms with E-state index in [9.17, 15) is 0 Å². The highest BCUT2D eigenvalue weighted by molar-refractivity contribution is 9.10. The van der Waals surface area contributed by atoms with Gasteiger partial charge in [-0.15, -0.1) is 0 Å². The summed E-state index contributed by atoms with van der Waals surface area (Å²) in [5.74, 6) is 0.646. The van der Waals surface area contributed by atoms with Crippen LogP contribution in [0.25, 0.3) is 0 Å². The van der Waals surface area contributed by atoms with Crippen molar-refractivity contribution in [2.45, 2.75) is 18.5 Å². The smallest absolute Gasteiger partial charge is 0.243 e. The lowest BCUT2D eigenvalue weighted by molar-refractivity contribution is 0.423. The Hall–Kier alpha value is -1.44. The van der Waals surface area contributed by atoms with E-state index in [0.29, 0.717) is 11.0 Å². The first-order valence-electron chi connectivity index (χ1n) is 7.36. The highest BCUT2D eigenvalue weighted by Gasteiger charge is 2.31. The third-order valence-electron chi connectivity index (χ3n) is 4.12. The van der Waals surface area contributed by atoms with Gasteiger partial charge < -0.3 is 5.32 Å². The van der Waals surface area contributed by atoms with E-state index in [-0.39, 0.29) is 12.1 Å². The van der Waals surface area contributed by atoms with Crippen molar-refractivity contribution in [3.05, 3.63) is 67.6 Å². The molecule has 3 aromatic rings. The monoisotopic (exact) mass is 467 g/mol. The molecule has 2 aromatic carbocycles. The van der Waals surface area contributed by atoms with E-state index in [1.807, 2.05) is 30.3 Å². The number of hydrogen-bond donors (Lipinski definition) is 1. The molecule has 24 heavy (non-hydrogen) atoms. The Labute approximate surface area is 160 Å². The molecule has 2 heterocycles. The fourth-order valence-electron chi connectivity index (χ4n) is 3.01. The zero-order valence-electron chi connectivity index (χ0n) is 12.3. The summed E-state index contributed by atoms with van der Waals surface area (Å²) < 4.78 is 3.82. The van der Waals surface area contributed by atoms with Gasteiger partial charge in [-0.3, -0.25) is 0 Å². The van der Waals surface area contributed by atoms with Crippen molar-refractivity contribution >= 4 is 49.4 Å². The molecule has 0 spiro atoms. The normalized spacial score (nSPS) is 19.6. The molecule has 2 atom stereocenters. The van der Waals surface area contributed by atoms with Crippen molar-refractivity contribution in [3.8, 4) is 0 Å². The molecule has 0 amide bonds. The summed E-state index contributed by atoms with van der Waals surface area (Å²) in [7, 11) is 0. The molecular weight excluding hydrogens is 457 g/mol. The summed E-state index contributed by atoms with van der Waals surface area (Å²) in [5, 5.41) is 16.2. The van der Waals surface area contributed by atoms with Gasteiger partial charge in [-0.1, -0.05) is 60.7 Å². The first kappa shape index (κ1) is 16.1. The molecule has 0 fully saturated rings. The van der Waals surface area contributed by atoms with Crippen molar-refractivity contribution in [2.24, 2.45) is 0 Å². The van der Waals surface area contributed by atoms with Gasteiger partial charge in [0.15, 0.2) is 0 Å². The van der Waals surface area contributed by atoms with Crippen LogP contribution in [0.3, 0.4) is 0 Å². The highest BCUT2D eigenvalue weighted by atomic mass is 79.9. The maximum Gasteiger partial charge on any atom is 0.243 e. The summed E-state index contributed by atoms with van der Waals surface area (Å²) in [6, 6.07) is 14.2. The molecule has 1 aliphatic heterocycles. The van der Waals surface area contributed by atoms with Crippen LogP contribution in [-0.4, -0.2) is 20.2 Å². The van der Waals surface area contributed by atoms with Crippen LogP contribution in [0.4, 0.5) is 5.95 Å². The van der Waals surface area contributed by atoms with Crippen LogP contribution < -0.4 is 5.32 Å².